The first kappa shape index (κ1) is 15.6. The lowest BCUT2D eigenvalue weighted by Gasteiger charge is -2.46. The quantitative estimate of drug-likeness (QED) is 0.931. The van der Waals surface area contributed by atoms with Gasteiger partial charge >= 0.3 is 0 Å². The average molecular weight is 304 g/mol. The molecule has 0 saturated carbocycles. The van der Waals surface area contributed by atoms with E-state index in [2.05, 4.69) is 49.3 Å². The summed E-state index contributed by atoms with van der Waals surface area (Å²) >= 11 is 0. The first-order chi connectivity index (χ1) is 10.5. The van der Waals surface area contributed by atoms with Crippen molar-refractivity contribution >= 4 is 0 Å². The van der Waals surface area contributed by atoms with Crippen molar-refractivity contribution in [1.82, 2.24) is 10.2 Å². The minimum absolute atomic E-state index is 0.0242. The minimum Gasteiger partial charge on any atom is -0.491 e. The van der Waals surface area contributed by atoms with Gasteiger partial charge in [-0.25, -0.2) is 0 Å². The van der Waals surface area contributed by atoms with E-state index in [-0.39, 0.29) is 11.7 Å². The molecule has 4 heteroatoms. The van der Waals surface area contributed by atoms with E-state index < -0.39 is 0 Å². The van der Waals surface area contributed by atoms with Gasteiger partial charge in [0.05, 0.1) is 6.10 Å². The topological polar surface area (TPSA) is 33.7 Å². The van der Waals surface area contributed by atoms with Crippen molar-refractivity contribution in [2.75, 3.05) is 27.2 Å². The smallest absolute Gasteiger partial charge is 0.128 e. The molecular weight excluding hydrogens is 276 g/mol. The minimum atomic E-state index is -0.0242. The number of hydrogen-bond acceptors (Lipinski definition) is 4. The Morgan fingerprint density at radius 3 is 2.68 bits per heavy atom. The third kappa shape index (κ3) is 3.08. The van der Waals surface area contributed by atoms with Crippen LogP contribution in [-0.2, 0) is 0 Å². The third-order valence-electron chi connectivity index (χ3n) is 4.88. The Balaban J connectivity index is 1.88. The number of hydrogen-bond donors (Lipinski definition) is 1. The Labute approximate surface area is 133 Å². The Bertz CT molecular complexity index is 522. The van der Waals surface area contributed by atoms with Crippen LogP contribution >= 0.6 is 0 Å². The van der Waals surface area contributed by atoms with Gasteiger partial charge in [0.25, 0.3) is 0 Å². The van der Waals surface area contributed by atoms with Gasteiger partial charge in [0.1, 0.15) is 17.1 Å². The molecule has 0 amide bonds. The van der Waals surface area contributed by atoms with E-state index in [1.54, 1.807) is 0 Å². The molecule has 1 aromatic rings. The molecule has 1 aromatic carbocycles. The molecular formula is C18H28N2O2. The molecule has 1 unspecified atom stereocenters. The monoisotopic (exact) mass is 304 g/mol. The molecule has 0 radical (unpaired) electrons. The summed E-state index contributed by atoms with van der Waals surface area (Å²) in [5, 5.41) is 3.47. The Kier molecular flexibility index (Phi) is 4.33. The predicted octanol–water partition coefficient (Wildman–Crippen LogP) is 2.98. The standard InChI is InChI=1S/C18H28N2O2/c1-13(2)21-14-5-6-15-16(19-3)12-18(22-17(15)11-14)7-9-20(4)10-8-18/h5-6,11,13,16,19H,7-10,12H2,1-4H3. The number of likely N-dealkylation sites (tertiary alicyclic amines) is 1. The molecule has 1 atom stereocenters. The second-order valence-corrected chi connectivity index (χ2v) is 7.00. The third-order valence-corrected chi connectivity index (χ3v) is 4.88. The second kappa shape index (κ2) is 6.09. The predicted molar refractivity (Wildman–Crippen MR) is 88.7 cm³/mol. The zero-order valence-electron chi connectivity index (χ0n) is 14.2. The van der Waals surface area contributed by atoms with E-state index in [1.807, 2.05) is 7.05 Å². The number of ether oxygens (including phenoxy) is 2. The van der Waals surface area contributed by atoms with Crippen molar-refractivity contribution in [2.24, 2.45) is 0 Å². The first-order valence-electron chi connectivity index (χ1n) is 8.37. The number of benzene rings is 1. The molecule has 1 fully saturated rings. The summed E-state index contributed by atoms with van der Waals surface area (Å²) in [6.45, 7) is 6.31. The van der Waals surface area contributed by atoms with Gasteiger partial charge in [0.2, 0.25) is 0 Å². The molecule has 4 nitrogen and oxygen atoms in total. The van der Waals surface area contributed by atoms with E-state index in [1.165, 1.54) is 5.56 Å². The lowest BCUT2D eigenvalue weighted by molar-refractivity contribution is -0.0197. The molecule has 0 aromatic heterocycles. The highest BCUT2D eigenvalue weighted by atomic mass is 16.5. The molecule has 2 heterocycles. The maximum Gasteiger partial charge on any atom is 0.128 e. The highest BCUT2D eigenvalue weighted by Gasteiger charge is 2.42. The van der Waals surface area contributed by atoms with E-state index in [9.17, 15) is 0 Å². The summed E-state index contributed by atoms with van der Waals surface area (Å²) in [5.74, 6) is 1.89. The van der Waals surface area contributed by atoms with Gasteiger partial charge in [-0.2, -0.15) is 0 Å². The van der Waals surface area contributed by atoms with Crippen molar-refractivity contribution in [3.05, 3.63) is 23.8 Å². The molecule has 0 bridgehead atoms. The maximum absolute atomic E-state index is 6.52. The van der Waals surface area contributed by atoms with Crippen molar-refractivity contribution in [3.8, 4) is 11.5 Å². The van der Waals surface area contributed by atoms with E-state index in [0.29, 0.717) is 6.04 Å². The normalized spacial score (nSPS) is 24.1. The van der Waals surface area contributed by atoms with Crippen molar-refractivity contribution in [1.29, 1.82) is 0 Å². The lowest BCUT2D eigenvalue weighted by Crippen LogP contribution is -2.50. The van der Waals surface area contributed by atoms with Gasteiger partial charge in [-0.3, -0.25) is 0 Å². The van der Waals surface area contributed by atoms with Gasteiger partial charge in [-0.05, 0) is 46.9 Å². The summed E-state index contributed by atoms with van der Waals surface area (Å²) in [4.78, 5) is 2.39. The summed E-state index contributed by atoms with van der Waals surface area (Å²) in [7, 11) is 4.23. The highest BCUT2D eigenvalue weighted by molar-refractivity contribution is 5.44. The molecule has 22 heavy (non-hydrogen) atoms. The van der Waals surface area contributed by atoms with Crippen LogP contribution in [0.4, 0.5) is 0 Å². The largest absolute Gasteiger partial charge is 0.491 e. The average Bonchev–Trinajstić information content (AvgIpc) is 2.49. The molecule has 1 N–H and O–H groups in total. The summed E-state index contributed by atoms with van der Waals surface area (Å²) in [6.07, 6.45) is 3.42. The molecule has 2 aliphatic rings. The van der Waals surface area contributed by atoms with Crippen molar-refractivity contribution in [3.63, 3.8) is 0 Å². The Morgan fingerprint density at radius 1 is 1.32 bits per heavy atom. The van der Waals surface area contributed by atoms with Gasteiger partial charge in [0.15, 0.2) is 0 Å². The number of nitrogens with one attached hydrogen (secondary N) is 1. The zero-order chi connectivity index (χ0) is 15.7. The van der Waals surface area contributed by atoms with Crippen LogP contribution in [0, 0.1) is 0 Å². The Morgan fingerprint density at radius 2 is 2.05 bits per heavy atom. The van der Waals surface area contributed by atoms with Gasteiger partial charge in [-0.1, -0.05) is 6.07 Å². The van der Waals surface area contributed by atoms with Crippen LogP contribution in [0.3, 0.4) is 0 Å². The van der Waals surface area contributed by atoms with Crippen LogP contribution < -0.4 is 14.8 Å². The van der Waals surface area contributed by atoms with Crippen LogP contribution in [0.25, 0.3) is 0 Å². The fourth-order valence-electron chi connectivity index (χ4n) is 3.58. The molecule has 122 valence electrons. The van der Waals surface area contributed by atoms with Crippen molar-refractivity contribution in [2.45, 2.75) is 50.9 Å². The SMILES string of the molecule is CNC1CC2(CCN(C)CC2)Oc2cc(OC(C)C)ccc21. The number of piperidine rings is 1. The van der Waals surface area contributed by atoms with Crippen LogP contribution in [0.15, 0.2) is 18.2 Å². The number of fused-ring (bicyclic) bond motifs is 1. The van der Waals surface area contributed by atoms with E-state index in [4.69, 9.17) is 9.47 Å². The fourth-order valence-corrected chi connectivity index (χ4v) is 3.58. The molecule has 1 spiro atoms. The van der Waals surface area contributed by atoms with E-state index >= 15 is 0 Å². The zero-order valence-corrected chi connectivity index (χ0v) is 14.2. The van der Waals surface area contributed by atoms with Crippen molar-refractivity contribution < 1.29 is 9.47 Å². The lowest BCUT2D eigenvalue weighted by atomic mass is 9.80. The van der Waals surface area contributed by atoms with Gasteiger partial charge in [0, 0.05) is 37.2 Å². The fraction of sp³-hybridized carbons (Fsp3) is 0.667. The summed E-state index contributed by atoms with van der Waals surface area (Å²) in [5.41, 5.74) is 1.23. The highest BCUT2D eigenvalue weighted by Crippen LogP contribution is 2.45. The molecule has 2 aliphatic heterocycles. The van der Waals surface area contributed by atoms with Crippen LogP contribution in [0.2, 0.25) is 0 Å². The maximum atomic E-state index is 6.52. The summed E-state index contributed by atoms with van der Waals surface area (Å²) < 4.78 is 12.3. The molecule has 3 rings (SSSR count). The van der Waals surface area contributed by atoms with Gasteiger partial charge in [-0.15, -0.1) is 0 Å². The van der Waals surface area contributed by atoms with Crippen LogP contribution in [-0.4, -0.2) is 43.8 Å². The van der Waals surface area contributed by atoms with Crippen LogP contribution in [0.5, 0.6) is 11.5 Å². The van der Waals surface area contributed by atoms with Gasteiger partial charge < -0.3 is 19.7 Å². The number of rotatable bonds is 3. The molecule has 0 aliphatic carbocycles. The Hall–Kier alpha value is -1.26. The molecule has 1 saturated heterocycles. The first-order valence-corrected chi connectivity index (χ1v) is 8.37. The van der Waals surface area contributed by atoms with E-state index in [0.717, 1.165) is 43.9 Å². The number of nitrogens with zero attached hydrogens (tertiary/aromatic N) is 1. The summed E-state index contributed by atoms with van der Waals surface area (Å²) in [6, 6.07) is 6.63. The van der Waals surface area contributed by atoms with Crippen LogP contribution in [0.1, 0.15) is 44.7 Å². The second-order valence-electron chi connectivity index (χ2n) is 7.00.